The summed E-state index contributed by atoms with van der Waals surface area (Å²) in [6, 6.07) is 2.78. The molecule has 0 radical (unpaired) electrons. The number of nitrogens with zero attached hydrogens (tertiary/aromatic N) is 3. The molecule has 7 heteroatoms. The zero-order chi connectivity index (χ0) is 15.2. The molecule has 0 aromatic carbocycles. The number of amides is 2. The molecule has 1 aromatic heterocycles. The number of hydrogen-bond acceptors (Lipinski definition) is 4. The van der Waals surface area contributed by atoms with E-state index in [1.807, 2.05) is 19.1 Å². The largest absolute Gasteiger partial charge is 0.480 e. The quantitative estimate of drug-likeness (QED) is 0.913. The van der Waals surface area contributed by atoms with E-state index in [0.717, 1.165) is 11.3 Å². The third-order valence-electron chi connectivity index (χ3n) is 3.43. The highest BCUT2D eigenvalue weighted by Crippen LogP contribution is 2.19. The van der Waals surface area contributed by atoms with Crippen molar-refractivity contribution in [2.75, 3.05) is 24.6 Å². The summed E-state index contributed by atoms with van der Waals surface area (Å²) >= 11 is 1.57. The van der Waals surface area contributed by atoms with Crippen molar-refractivity contribution in [1.29, 1.82) is 0 Å². The Morgan fingerprint density at radius 1 is 1.48 bits per heavy atom. The number of urea groups is 1. The summed E-state index contributed by atoms with van der Waals surface area (Å²) in [6.07, 6.45) is 3.37. The Hall–Kier alpha value is -1.76. The Kier molecular flexibility index (Phi) is 5.44. The molecule has 0 aliphatic carbocycles. The van der Waals surface area contributed by atoms with Gasteiger partial charge in [0, 0.05) is 43.5 Å². The third kappa shape index (κ3) is 3.87. The fourth-order valence-corrected chi connectivity index (χ4v) is 3.28. The highest BCUT2D eigenvalue weighted by molar-refractivity contribution is 7.99. The molecule has 1 atom stereocenters. The molecule has 1 N–H and O–H groups in total. The van der Waals surface area contributed by atoms with E-state index < -0.39 is 12.0 Å². The molecule has 1 unspecified atom stereocenters. The topological polar surface area (TPSA) is 73.7 Å². The van der Waals surface area contributed by atoms with E-state index >= 15 is 0 Å². The van der Waals surface area contributed by atoms with Gasteiger partial charge in [-0.25, -0.2) is 9.59 Å². The van der Waals surface area contributed by atoms with E-state index in [0.29, 0.717) is 25.4 Å². The van der Waals surface area contributed by atoms with Gasteiger partial charge in [0.15, 0.2) is 0 Å². The number of thioether (sulfide) groups is 1. The average Bonchev–Trinajstić information content (AvgIpc) is 2.53. The number of carboxylic acids is 1. The summed E-state index contributed by atoms with van der Waals surface area (Å²) in [7, 11) is 0. The summed E-state index contributed by atoms with van der Waals surface area (Å²) in [5.74, 6) is 0.298. The number of aliphatic carboxylic acids is 1. The van der Waals surface area contributed by atoms with Crippen LogP contribution in [0.25, 0.3) is 0 Å². The van der Waals surface area contributed by atoms with Gasteiger partial charge in [-0.1, -0.05) is 0 Å². The van der Waals surface area contributed by atoms with Crippen molar-refractivity contribution in [3.05, 3.63) is 30.1 Å². The van der Waals surface area contributed by atoms with Crippen molar-refractivity contribution in [1.82, 2.24) is 14.8 Å². The van der Waals surface area contributed by atoms with E-state index in [4.69, 9.17) is 0 Å². The van der Waals surface area contributed by atoms with Gasteiger partial charge in [-0.15, -0.1) is 0 Å². The van der Waals surface area contributed by atoms with Gasteiger partial charge in [0.25, 0.3) is 0 Å². The number of hydrogen-bond donors (Lipinski definition) is 1. The molecular formula is C14H19N3O3S. The Bertz CT molecular complexity index is 497. The molecule has 2 heterocycles. The van der Waals surface area contributed by atoms with Crippen molar-refractivity contribution >= 4 is 23.8 Å². The molecule has 114 valence electrons. The summed E-state index contributed by atoms with van der Waals surface area (Å²) in [5, 5.41) is 9.27. The van der Waals surface area contributed by atoms with Crippen LogP contribution >= 0.6 is 11.8 Å². The van der Waals surface area contributed by atoms with E-state index in [2.05, 4.69) is 4.98 Å². The summed E-state index contributed by atoms with van der Waals surface area (Å²) < 4.78 is 0. The Morgan fingerprint density at radius 2 is 2.19 bits per heavy atom. The molecule has 21 heavy (non-hydrogen) atoms. The van der Waals surface area contributed by atoms with Crippen LogP contribution in [0.3, 0.4) is 0 Å². The first kappa shape index (κ1) is 15.6. The molecule has 0 bridgehead atoms. The second kappa shape index (κ2) is 7.31. The lowest BCUT2D eigenvalue weighted by Crippen LogP contribution is -2.54. The van der Waals surface area contributed by atoms with Crippen molar-refractivity contribution in [3.63, 3.8) is 0 Å². The molecule has 1 aliphatic heterocycles. The van der Waals surface area contributed by atoms with Crippen molar-refractivity contribution < 1.29 is 14.7 Å². The maximum atomic E-state index is 12.6. The number of rotatable bonds is 4. The zero-order valence-corrected chi connectivity index (χ0v) is 12.8. The number of carbonyl (C=O) groups is 2. The molecule has 0 spiro atoms. The van der Waals surface area contributed by atoms with Gasteiger partial charge in [0.1, 0.15) is 6.04 Å². The Balaban J connectivity index is 2.09. The van der Waals surface area contributed by atoms with Gasteiger partial charge >= 0.3 is 12.0 Å². The molecule has 2 rings (SSSR count). The molecule has 1 aromatic rings. The van der Waals surface area contributed by atoms with Crippen molar-refractivity contribution in [2.24, 2.45) is 0 Å². The number of pyridine rings is 1. The van der Waals surface area contributed by atoms with Crippen LogP contribution in [-0.2, 0) is 11.3 Å². The number of carboxylic acid groups (broad SMARTS) is 1. The maximum absolute atomic E-state index is 12.6. The zero-order valence-electron chi connectivity index (χ0n) is 11.9. The summed E-state index contributed by atoms with van der Waals surface area (Å²) in [6.45, 7) is 3.38. The van der Waals surface area contributed by atoms with E-state index in [9.17, 15) is 14.7 Å². The minimum Gasteiger partial charge on any atom is -0.480 e. The van der Waals surface area contributed by atoms with E-state index in [1.54, 1.807) is 29.1 Å². The monoisotopic (exact) mass is 309 g/mol. The van der Waals surface area contributed by atoms with Gasteiger partial charge < -0.3 is 14.9 Å². The standard InChI is InChI=1S/C14H19N3O3S/c1-2-16(9-11-3-5-15-6-4-11)14(20)17-7-8-21-10-12(17)13(18)19/h3-6,12H,2,7-10H2,1H3,(H,18,19). The SMILES string of the molecule is CCN(Cc1ccncc1)C(=O)N1CCSCC1C(=O)O. The summed E-state index contributed by atoms with van der Waals surface area (Å²) in [5.41, 5.74) is 0.985. The minimum atomic E-state index is -0.935. The number of carbonyl (C=O) groups excluding carboxylic acids is 1. The van der Waals surface area contributed by atoms with Crippen LogP contribution in [0.5, 0.6) is 0 Å². The number of aromatic nitrogens is 1. The molecule has 0 saturated carbocycles. The van der Waals surface area contributed by atoms with Crippen LogP contribution in [0, 0.1) is 0 Å². The average molecular weight is 309 g/mol. The molecular weight excluding hydrogens is 290 g/mol. The third-order valence-corrected chi connectivity index (χ3v) is 4.46. The minimum absolute atomic E-state index is 0.206. The van der Waals surface area contributed by atoms with Gasteiger partial charge in [0.05, 0.1) is 0 Å². The first-order chi connectivity index (χ1) is 10.1. The molecule has 6 nitrogen and oxygen atoms in total. The molecule has 1 saturated heterocycles. The molecule has 1 fully saturated rings. The van der Waals surface area contributed by atoms with Crippen LogP contribution in [0.1, 0.15) is 12.5 Å². The van der Waals surface area contributed by atoms with E-state index in [1.165, 1.54) is 4.90 Å². The van der Waals surface area contributed by atoms with Gasteiger partial charge in [-0.2, -0.15) is 11.8 Å². The lowest BCUT2D eigenvalue weighted by Gasteiger charge is -2.36. The van der Waals surface area contributed by atoms with E-state index in [-0.39, 0.29) is 6.03 Å². The lowest BCUT2D eigenvalue weighted by atomic mass is 10.2. The van der Waals surface area contributed by atoms with Crippen LogP contribution in [0.4, 0.5) is 4.79 Å². The lowest BCUT2D eigenvalue weighted by molar-refractivity contribution is -0.141. The highest BCUT2D eigenvalue weighted by atomic mass is 32.2. The smallest absolute Gasteiger partial charge is 0.327 e. The maximum Gasteiger partial charge on any atom is 0.327 e. The second-order valence-corrected chi connectivity index (χ2v) is 5.92. The molecule has 2 amide bonds. The fourth-order valence-electron chi connectivity index (χ4n) is 2.24. The van der Waals surface area contributed by atoms with Crippen LogP contribution in [-0.4, -0.2) is 62.5 Å². The van der Waals surface area contributed by atoms with Crippen molar-refractivity contribution in [3.8, 4) is 0 Å². The second-order valence-electron chi connectivity index (χ2n) is 4.77. The first-order valence-corrected chi connectivity index (χ1v) is 8.04. The highest BCUT2D eigenvalue weighted by Gasteiger charge is 2.34. The van der Waals surface area contributed by atoms with Gasteiger partial charge in [0.2, 0.25) is 0 Å². The Morgan fingerprint density at radius 3 is 2.81 bits per heavy atom. The van der Waals surface area contributed by atoms with Crippen LogP contribution in [0.15, 0.2) is 24.5 Å². The summed E-state index contributed by atoms with van der Waals surface area (Å²) in [4.78, 5) is 31.0. The first-order valence-electron chi connectivity index (χ1n) is 6.88. The predicted molar refractivity (Wildman–Crippen MR) is 81.2 cm³/mol. The molecule has 1 aliphatic rings. The van der Waals surface area contributed by atoms with Crippen LogP contribution in [0.2, 0.25) is 0 Å². The normalized spacial score (nSPS) is 18.3. The fraction of sp³-hybridized carbons (Fsp3) is 0.500. The van der Waals surface area contributed by atoms with Gasteiger partial charge in [-0.05, 0) is 24.6 Å². The Labute approximate surface area is 128 Å². The van der Waals surface area contributed by atoms with Gasteiger partial charge in [-0.3, -0.25) is 4.98 Å². The predicted octanol–water partition coefficient (Wildman–Crippen LogP) is 1.53. The van der Waals surface area contributed by atoms with Crippen LogP contribution < -0.4 is 0 Å². The van der Waals surface area contributed by atoms with Crippen molar-refractivity contribution in [2.45, 2.75) is 19.5 Å².